The van der Waals surface area contributed by atoms with Crippen molar-refractivity contribution in [2.24, 2.45) is 5.92 Å². The molecular weight excluding hydrogens is 367 g/mol. The minimum Gasteiger partial charge on any atom is -0.497 e. The molecule has 1 heterocycles. The number of hydrogen-bond acceptors (Lipinski definition) is 3. The number of halogens is 1. The van der Waals surface area contributed by atoms with Gasteiger partial charge in [-0.15, -0.1) is 0 Å². The van der Waals surface area contributed by atoms with Gasteiger partial charge >= 0.3 is 0 Å². The third-order valence-electron chi connectivity index (χ3n) is 5.65. The Balaban J connectivity index is 1.69. The molecule has 1 aliphatic heterocycles. The summed E-state index contributed by atoms with van der Waals surface area (Å²) in [4.78, 5) is 17.2. The van der Waals surface area contributed by atoms with E-state index in [2.05, 4.69) is 17.0 Å². The van der Waals surface area contributed by atoms with E-state index in [1.807, 2.05) is 36.9 Å². The molecule has 2 aromatic carbocycles. The molecule has 0 aliphatic carbocycles. The second-order valence-corrected chi connectivity index (χ2v) is 8.15. The van der Waals surface area contributed by atoms with Crippen LogP contribution in [-0.2, 0) is 11.3 Å². The Labute approximate surface area is 173 Å². The summed E-state index contributed by atoms with van der Waals surface area (Å²) in [7, 11) is 1.67. The molecule has 29 heavy (non-hydrogen) atoms. The van der Waals surface area contributed by atoms with Gasteiger partial charge in [-0.2, -0.15) is 0 Å². The molecular formula is C24H31FN2O2. The van der Waals surface area contributed by atoms with Crippen molar-refractivity contribution in [3.05, 3.63) is 59.4 Å². The van der Waals surface area contributed by atoms with Crippen molar-refractivity contribution >= 4 is 11.6 Å². The van der Waals surface area contributed by atoms with Gasteiger partial charge in [-0.3, -0.25) is 9.69 Å². The molecule has 1 fully saturated rings. The van der Waals surface area contributed by atoms with Crippen molar-refractivity contribution in [2.45, 2.75) is 46.2 Å². The summed E-state index contributed by atoms with van der Waals surface area (Å²) in [6.45, 7) is 8.25. The van der Waals surface area contributed by atoms with Crippen molar-refractivity contribution in [1.82, 2.24) is 4.90 Å². The number of rotatable bonds is 6. The predicted octanol–water partition coefficient (Wildman–Crippen LogP) is 4.80. The van der Waals surface area contributed by atoms with E-state index in [0.717, 1.165) is 38.2 Å². The van der Waals surface area contributed by atoms with Crippen molar-refractivity contribution in [3.63, 3.8) is 0 Å². The number of piperidine rings is 1. The number of aryl methyl sites for hydroxylation is 1. The van der Waals surface area contributed by atoms with Gasteiger partial charge in [0.15, 0.2) is 0 Å². The van der Waals surface area contributed by atoms with Crippen molar-refractivity contribution in [1.29, 1.82) is 0 Å². The summed E-state index contributed by atoms with van der Waals surface area (Å²) < 4.78 is 19.4. The largest absolute Gasteiger partial charge is 0.497 e. The number of nitrogens with zero attached hydrogens (tertiary/aromatic N) is 2. The van der Waals surface area contributed by atoms with E-state index in [0.29, 0.717) is 11.3 Å². The lowest BCUT2D eigenvalue weighted by molar-refractivity contribution is -0.122. The molecule has 0 saturated carbocycles. The first-order valence-electron chi connectivity index (χ1n) is 10.3. The Morgan fingerprint density at radius 2 is 1.83 bits per heavy atom. The van der Waals surface area contributed by atoms with E-state index in [1.165, 1.54) is 11.6 Å². The highest BCUT2D eigenvalue weighted by Crippen LogP contribution is 2.28. The predicted molar refractivity (Wildman–Crippen MR) is 115 cm³/mol. The highest BCUT2D eigenvalue weighted by molar-refractivity contribution is 5.95. The number of hydrogen-bond donors (Lipinski definition) is 0. The van der Waals surface area contributed by atoms with Crippen LogP contribution in [0.25, 0.3) is 0 Å². The van der Waals surface area contributed by atoms with Gasteiger partial charge in [0.2, 0.25) is 5.91 Å². The summed E-state index contributed by atoms with van der Waals surface area (Å²) in [5.74, 6) is 0.528. The zero-order valence-corrected chi connectivity index (χ0v) is 17.8. The van der Waals surface area contributed by atoms with Crippen LogP contribution in [0, 0.1) is 18.7 Å². The third kappa shape index (κ3) is 5.15. The molecule has 4 nitrogen and oxygen atoms in total. The van der Waals surface area contributed by atoms with Crippen LogP contribution in [0.15, 0.2) is 42.5 Å². The van der Waals surface area contributed by atoms with Gasteiger partial charge in [0.25, 0.3) is 0 Å². The Bertz CT molecular complexity index is 827. The maximum absolute atomic E-state index is 14.2. The monoisotopic (exact) mass is 398 g/mol. The second-order valence-electron chi connectivity index (χ2n) is 8.15. The molecule has 2 aromatic rings. The highest BCUT2D eigenvalue weighted by Gasteiger charge is 2.30. The Kier molecular flexibility index (Phi) is 6.91. The minimum atomic E-state index is -0.263. The fourth-order valence-corrected chi connectivity index (χ4v) is 3.85. The molecule has 3 rings (SSSR count). The fourth-order valence-electron chi connectivity index (χ4n) is 3.85. The highest BCUT2D eigenvalue weighted by atomic mass is 19.1. The molecule has 5 heteroatoms. The van der Waals surface area contributed by atoms with Crippen molar-refractivity contribution in [3.8, 4) is 5.75 Å². The van der Waals surface area contributed by atoms with E-state index in [9.17, 15) is 9.18 Å². The number of anilines is 1. The normalized spacial score (nSPS) is 15.5. The van der Waals surface area contributed by atoms with Crippen LogP contribution in [0.2, 0.25) is 0 Å². The maximum atomic E-state index is 14.2. The van der Waals surface area contributed by atoms with Crippen LogP contribution in [0.3, 0.4) is 0 Å². The van der Waals surface area contributed by atoms with Gasteiger partial charge in [-0.1, -0.05) is 32.0 Å². The minimum absolute atomic E-state index is 0.0573. The molecule has 1 amide bonds. The Morgan fingerprint density at radius 1 is 1.17 bits per heavy atom. The van der Waals surface area contributed by atoms with E-state index in [-0.39, 0.29) is 23.7 Å². The van der Waals surface area contributed by atoms with Crippen molar-refractivity contribution < 1.29 is 13.9 Å². The van der Waals surface area contributed by atoms with Crippen LogP contribution in [-0.4, -0.2) is 37.0 Å². The Hall–Kier alpha value is -2.40. The van der Waals surface area contributed by atoms with Crippen LogP contribution < -0.4 is 9.64 Å². The summed E-state index contributed by atoms with van der Waals surface area (Å²) in [5.41, 5.74) is 2.51. The lowest BCUT2D eigenvalue weighted by Gasteiger charge is -2.39. The second kappa shape index (κ2) is 9.40. The molecule has 0 spiro atoms. The van der Waals surface area contributed by atoms with E-state index in [1.54, 1.807) is 20.1 Å². The van der Waals surface area contributed by atoms with E-state index in [4.69, 9.17) is 4.74 Å². The molecule has 0 unspecified atom stereocenters. The quantitative estimate of drug-likeness (QED) is 0.701. The van der Waals surface area contributed by atoms with E-state index >= 15 is 0 Å². The third-order valence-corrected chi connectivity index (χ3v) is 5.65. The van der Waals surface area contributed by atoms with Gasteiger partial charge in [-0.25, -0.2) is 4.39 Å². The molecule has 1 aliphatic rings. The molecule has 0 aromatic heterocycles. The van der Waals surface area contributed by atoms with Crippen LogP contribution >= 0.6 is 0 Å². The van der Waals surface area contributed by atoms with Gasteiger partial charge in [0, 0.05) is 37.3 Å². The number of methoxy groups -OCH3 is 1. The van der Waals surface area contributed by atoms with E-state index < -0.39 is 0 Å². The summed E-state index contributed by atoms with van der Waals surface area (Å²) in [5, 5.41) is 0. The standard InChI is InChI=1S/C24H31FN2O2/c1-17(2)24(28)27(21-8-5-18(3)23(25)15-21)20-11-13-26(14-12-20)16-19-6-9-22(29-4)10-7-19/h5-10,15,17,20H,11-14,16H2,1-4H3. The fraction of sp³-hybridized carbons (Fsp3) is 0.458. The molecule has 1 saturated heterocycles. The van der Waals surface area contributed by atoms with Gasteiger partial charge in [-0.05, 0) is 55.2 Å². The molecule has 0 N–H and O–H groups in total. The topological polar surface area (TPSA) is 32.8 Å². The average Bonchev–Trinajstić information content (AvgIpc) is 2.72. The lowest BCUT2D eigenvalue weighted by Crippen LogP contribution is -2.48. The summed E-state index contributed by atoms with van der Waals surface area (Å²) in [6.07, 6.45) is 1.76. The van der Waals surface area contributed by atoms with Crippen LogP contribution in [0.1, 0.15) is 37.8 Å². The SMILES string of the molecule is COc1ccc(CN2CCC(N(C(=O)C(C)C)c3ccc(C)c(F)c3)CC2)cc1. The molecule has 0 bridgehead atoms. The summed E-state index contributed by atoms with van der Waals surface area (Å²) in [6, 6.07) is 13.4. The lowest BCUT2D eigenvalue weighted by atomic mass is 9.99. The van der Waals surface area contributed by atoms with Crippen LogP contribution in [0.4, 0.5) is 10.1 Å². The zero-order chi connectivity index (χ0) is 21.0. The molecule has 0 atom stereocenters. The zero-order valence-electron chi connectivity index (χ0n) is 17.8. The molecule has 156 valence electrons. The number of carbonyl (C=O) groups excluding carboxylic acids is 1. The van der Waals surface area contributed by atoms with Crippen molar-refractivity contribution in [2.75, 3.05) is 25.1 Å². The maximum Gasteiger partial charge on any atom is 0.229 e. The Morgan fingerprint density at radius 3 is 2.38 bits per heavy atom. The number of carbonyl (C=O) groups is 1. The van der Waals surface area contributed by atoms with Gasteiger partial charge in [0.1, 0.15) is 11.6 Å². The first-order chi connectivity index (χ1) is 13.9. The first-order valence-corrected chi connectivity index (χ1v) is 10.3. The van der Waals surface area contributed by atoms with Crippen LogP contribution in [0.5, 0.6) is 5.75 Å². The average molecular weight is 399 g/mol. The van der Waals surface area contributed by atoms with Gasteiger partial charge in [0.05, 0.1) is 7.11 Å². The number of benzene rings is 2. The molecule has 0 radical (unpaired) electrons. The first kappa shape index (κ1) is 21.3. The number of ether oxygens (including phenoxy) is 1. The number of amides is 1. The number of likely N-dealkylation sites (tertiary alicyclic amines) is 1. The smallest absolute Gasteiger partial charge is 0.229 e. The van der Waals surface area contributed by atoms with Gasteiger partial charge < -0.3 is 9.64 Å². The summed E-state index contributed by atoms with van der Waals surface area (Å²) >= 11 is 0.